The maximum atomic E-state index is 13.2. The number of nitrogens with zero attached hydrogens (tertiary/aromatic N) is 4. The number of aromatic nitrogens is 4. The van der Waals surface area contributed by atoms with Crippen molar-refractivity contribution in [1.29, 1.82) is 0 Å². The smallest absolute Gasteiger partial charge is 0.224 e. The molecular formula is C19H17F2N5O. The maximum absolute atomic E-state index is 13.2. The van der Waals surface area contributed by atoms with Crippen LogP contribution in [-0.4, -0.2) is 26.1 Å². The Balaban J connectivity index is 1.35. The number of aryl methyl sites for hydroxylation is 1. The second kappa shape index (κ2) is 7.22. The van der Waals surface area contributed by atoms with E-state index in [0.717, 1.165) is 30.5 Å². The molecule has 8 heteroatoms. The molecule has 0 aliphatic heterocycles. The molecule has 0 saturated heterocycles. The van der Waals surface area contributed by atoms with E-state index in [0.29, 0.717) is 29.5 Å². The number of rotatable bonds is 6. The molecule has 6 nitrogen and oxygen atoms in total. The highest BCUT2D eigenvalue weighted by molar-refractivity contribution is 5.91. The predicted molar refractivity (Wildman–Crippen MR) is 94.8 cm³/mol. The number of tetrazole rings is 1. The van der Waals surface area contributed by atoms with Crippen molar-refractivity contribution >= 4 is 11.6 Å². The van der Waals surface area contributed by atoms with Crippen molar-refractivity contribution in [2.24, 2.45) is 0 Å². The van der Waals surface area contributed by atoms with E-state index >= 15 is 0 Å². The summed E-state index contributed by atoms with van der Waals surface area (Å²) in [5.74, 6) is -1.28. The molecule has 0 spiro atoms. The molecule has 1 heterocycles. The normalized spacial score (nSPS) is 13.6. The summed E-state index contributed by atoms with van der Waals surface area (Å²) in [6.07, 6.45) is 2.68. The zero-order valence-electron chi connectivity index (χ0n) is 14.4. The molecule has 1 fully saturated rings. The van der Waals surface area contributed by atoms with E-state index in [2.05, 4.69) is 20.8 Å². The SMILES string of the molecule is O=C(CCc1ccc(F)c(F)c1)Nc1ccc(-c2nnnn2C2CC2)cc1. The number of benzene rings is 2. The number of carbonyl (C=O) groups excluding carboxylic acids is 1. The Morgan fingerprint density at radius 1 is 1.11 bits per heavy atom. The standard InChI is InChI=1S/C19H17F2N5O/c20-16-9-1-12(11-17(16)21)2-10-18(27)22-14-5-3-13(4-6-14)19-23-24-25-26(19)15-7-8-15/h1,3-6,9,11,15H,2,7-8,10H2,(H,22,27). The van der Waals surface area contributed by atoms with Crippen LogP contribution in [0.3, 0.4) is 0 Å². The molecule has 0 unspecified atom stereocenters. The first kappa shape index (κ1) is 17.3. The minimum absolute atomic E-state index is 0.173. The van der Waals surface area contributed by atoms with E-state index in [1.54, 1.807) is 12.1 Å². The van der Waals surface area contributed by atoms with Gasteiger partial charge in [0.1, 0.15) is 0 Å². The van der Waals surface area contributed by atoms with Crippen LogP contribution in [0.15, 0.2) is 42.5 Å². The van der Waals surface area contributed by atoms with E-state index in [1.807, 2.05) is 16.8 Å². The van der Waals surface area contributed by atoms with Gasteiger partial charge in [-0.25, -0.2) is 13.5 Å². The first-order valence-electron chi connectivity index (χ1n) is 8.72. The minimum Gasteiger partial charge on any atom is -0.326 e. The number of carbonyl (C=O) groups is 1. The van der Waals surface area contributed by atoms with Gasteiger partial charge in [-0.1, -0.05) is 6.07 Å². The van der Waals surface area contributed by atoms with E-state index in [4.69, 9.17) is 0 Å². The summed E-state index contributed by atoms with van der Waals surface area (Å²) < 4.78 is 27.9. The lowest BCUT2D eigenvalue weighted by Gasteiger charge is -2.07. The van der Waals surface area contributed by atoms with Crippen LogP contribution in [0, 0.1) is 11.6 Å². The highest BCUT2D eigenvalue weighted by atomic mass is 19.2. The lowest BCUT2D eigenvalue weighted by Crippen LogP contribution is -2.12. The Morgan fingerprint density at radius 2 is 1.89 bits per heavy atom. The van der Waals surface area contributed by atoms with E-state index < -0.39 is 11.6 Å². The number of halogens is 2. The quantitative estimate of drug-likeness (QED) is 0.722. The third-order valence-corrected chi connectivity index (χ3v) is 4.44. The molecule has 1 saturated carbocycles. The fraction of sp³-hybridized carbons (Fsp3) is 0.263. The van der Waals surface area contributed by atoms with Gasteiger partial charge in [0.05, 0.1) is 6.04 Å². The Labute approximate surface area is 154 Å². The highest BCUT2D eigenvalue weighted by Crippen LogP contribution is 2.36. The highest BCUT2D eigenvalue weighted by Gasteiger charge is 2.28. The van der Waals surface area contributed by atoms with Gasteiger partial charge < -0.3 is 5.32 Å². The van der Waals surface area contributed by atoms with Crippen LogP contribution in [0.4, 0.5) is 14.5 Å². The van der Waals surface area contributed by atoms with Gasteiger partial charge in [-0.15, -0.1) is 5.10 Å². The van der Waals surface area contributed by atoms with Crippen molar-refractivity contribution in [2.45, 2.75) is 31.7 Å². The van der Waals surface area contributed by atoms with E-state index in [1.165, 1.54) is 6.07 Å². The minimum atomic E-state index is -0.906. The molecular weight excluding hydrogens is 352 g/mol. The van der Waals surface area contributed by atoms with Crippen LogP contribution in [0.2, 0.25) is 0 Å². The van der Waals surface area contributed by atoms with E-state index in [-0.39, 0.29) is 12.3 Å². The number of hydrogen-bond donors (Lipinski definition) is 1. The fourth-order valence-corrected chi connectivity index (χ4v) is 2.83. The second-order valence-electron chi connectivity index (χ2n) is 6.55. The summed E-state index contributed by atoms with van der Waals surface area (Å²) in [7, 11) is 0. The second-order valence-corrected chi connectivity index (χ2v) is 6.55. The number of nitrogens with one attached hydrogen (secondary N) is 1. The molecule has 1 aromatic heterocycles. The first-order chi connectivity index (χ1) is 13.1. The number of hydrogen-bond acceptors (Lipinski definition) is 4. The molecule has 27 heavy (non-hydrogen) atoms. The Morgan fingerprint density at radius 3 is 2.59 bits per heavy atom. The molecule has 138 valence electrons. The summed E-state index contributed by atoms with van der Waals surface area (Å²) in [4.78, 5) is 12.1. The largest absolute Gasteiger partial charge is 0.326 e. The average Bonchev–Trinajstić information content (AvgIpc) is 3.40. The monoisotopic (exact) mass is 369 g/mol. The number of amides is 1. The van der Waals surface area contributed by atoms with Gasteiger partial charge in [0.2, 0.25) is 5.91 Å². The zero-order chi connectivity index (χ0) is 18.8. The van der Waals surface area contributed by atoms with Crippen LogP contribution in [-0.2, 0) is 11.2 Å². The first-order valence-corrected chi connectivity index (χ1v) is 8.72. The molecule has 0 bridgehead atoms. The van der Waals surface area contributed by atoms with Crippen LogP contribution >= 0.6 is 0 Å². The molecule has 1 aliphatic carbocycles. The summed E-state index contributed by atoms with van der Waals surface area (Å²) in [5.41, 5.74) is 2.11. The lowest BCUT2D eigenvalue weighted by atomic mass is 10.1. The van der Waals surface area contributed by atoms with Crippen molar-refractivity contribution in [3.8, 4) is 11.4 Å². The lowest BCUT2D eigenvalue weighted by molar-refractivity contribution is -0.116. The predicted octanol–water partition coefficient (Wildman–Crippen LogP) is 3.52. The summed E-state index contributed by atoms with van der Waals surface area (Å²) >= 11 is 0. The number of anilines is 1. The molecule has 4 rings (SSSR count). The maximum Gasteiger partial charge on any atom is 0.224 e. The molecule has 1 aliphatic rings. The van der Waals surface area contributed by atoms with Crippen molar-refractivity contribution in [1.82, 2.24) is 20.2 Å². The van der Waals surface area contributed by atoms with Crippen molar-refractivity contribution in [3.63, 3.8) is 0 Å². The van der Waals surface area contributed by atoms with Crippen molar-refractivity contribution in [3.05, 3.63) is 59.7 Å². The van der Waals surface area contributed by atoms with Crippen molar-refractivity contribution < 1.29 is 13.6 Å². The Kier molecular flexibility index (Phi) is 4.62. The molecule has 0 atom stereocenters. The van der Waals surface area contributed by atoms with Crippen LogP contribution < -0.4 is 5.32 Å². The van der Waals surface area contributed by atoms with Gasteiger partial charge in [0.15, 0.2) is 17.5 Å². The van der Waals surface area contributed by atoms with Crippen molar-refractivity contribution in [2.75, 3.05) is 5.32 Å². The summed E-state index contributed by atoms with van der Waals surface area (Å²) in [6.45, 7) is 0. The molecule has 3 aromatic rings. The van der Waals surface area contributed by atoms with Gasteiger partial charge in [0.25, 0.3) is 0 Å². The Bertz CT molecular complexity index is 966. The molecule has 1 N–H and O–H groups in total. The Hall–Kier alpha value is -3.16. The van der Waals surface area contributed by atoms with Gasteiger partial charge >= 0.3 is 0 Å². The molecule has 1 amide bonds. The van der Waals surface area contributed by atoms with Gasteiger partial charge in [0, 0.05) is 17.7 Å². The van der Waals surface area contributed by atoms with E-state index in [9.17, 15) is 13.6 Å². The van der Waals surface area contributed by atoms with Gasteiger partial charge in [-0.2, -0.15) is 0 Å². The topological polar surface area (TPSA) is 72.7 Å². The van der Waals surface area contributed by atoms with Gasteiger partial charge in [-0.3, -0.25) is 4.79 Å². The third kappa shape index (κ3) is 3.99. The van der Waals surface area contributed by atoms with Crippen LogP contribution in [0.1, 0.15) is 30.9 Å². The molecule has 0 radical (unpaired) electrons. The van der Waals surface area contributed by atoms with Gasteiger partial charge in [-0.05, 0) is 71.7 Å². The summed E-state index contributed by atoms with van der Waals surface area (Å²) in [6, 6.07) is 11.3. The average molecular weight is 369 g/mol. The van der Waals surface area contributed by atoms with Crippen LogP contribution in [0.5, 0.6) is 0 Å². The summed E-state index contributed by atoms with van der Waals surface area (Å²) in [5, 5.41) is 14.6. The van der Waals surface area contributed by atoms with Crippen LogP contribution in [0.25, 0.3) is 11.4 Å². The third-order valence-electron chi connectivity index (χ3n) is 4.44. The molecule has 2 aromatic carbocycles. The zero-order valence-corrected chi connectivity index (χ0v) is 14.4. The fourth-order valence-electron chi connectivity index (χ4n) is 2.83.